The highest BCUT2D eigenvalue weighted by atomic mass is 16.5. The number of rotatable bonds is 4. The van der Waals surface area contributed by atoms with Crippen molar-refractivity contribution >= 4 is 5.57 Å². The zero-order valence-electron chi connectivity index (χ0n) is 13.3. The van der Waals surface area contributed by atoms with Crippen LogP contribution in [0.25, 0.3) is 5.57 Å². The topological polar surface area (TPSA) is 9.23 Å². The maximum absolute atomic E-state index is 6.18. The molecule has 1 heteroatoms. The SMILES string of the molecule is CC1=C[C@](C)(/C=C/CCc2ccccc2)Oc2ccccc21. The van der Waals surface area contributed by atoms with Crippen molar-refractivity contribution in [2.75, 3.05) is 0 Å². The normalized spacial score (nSPS) is 20.4. The zero-order chi connectivity index (χ0) is 15.4. The second kappa shape index (κ2) is 6.23. The molecule has 0 aromatic heterocycles. The van der Waals surface area contributed by atoms with Gasteiger partial charge in [0.15, 0.2) is 0 Å². The van der Waals surface area contributed by atoms with Gasteiger partial charge in [-0.1, -0.05) is 54.6 Å². The number of hydrogen-bond donors (Lipinski definition) is 0. The van der Waals surface area contributed by atoms with Crippen molar-refractivity contribution in [3.63, 3.8) is 0 Å². The summed E-state index contributed by atoms with van der Waals surface area (Å²) in [5.41, 5.74) is 3.49. The lowest BCUT2D eigenvalue weighted by Gasteiger charge is -2.31. The third-order valence-corrected chi connectivity index (χ3v) is 4.04. The lowest BCUT2D eigenvalue weighted by Crippen LogP contribution is -2.30. The van der Waals surface area contributed by atoms with Crippen LogP contribution in [0, 0.1) is 0 Å². The van der Waals surface area contributed by atoms with E-state index in [-0.39, 0.29) is 5.60 Å². The molecule has 0 saturated carbocycles. The van der Waals surface area contributed by atoms with E-state index in [1.807, 2.05) is 12.1 Å². The van der Waals surface area contributed by atoms with Crippen LogP contribution in [0.3, 0.4) is 0 Å². The molecular weight excluding hydrogens is 268 g/mol. The largest absolute Gasteiger partial charge is 0.479 e. The smallest absolute Gasteiger partial charge is 0.143 e. The molecule has 0 saturated heterocycles. The first-order valence-corrected chi connectivity index (χ1v) is 7.86. The standard InChI is InChI=1S/C21H22O/c1-17-16-21(2,22-20-14-7-6-13-19(17)20)15-9-8-12-18-10-4-3-5-11-18/h3-7,9-11,13-16H,8,12H2,1-2H3/b15-9+/t21-/m0/s1. The Balaban J connectivity index is 1.67. The molecule has 3 rings (SSSR count). The summed E-state index contributed by atoms with van der Waals surface area (Å²) in [6, 6.07) is 18.8. The van der Waals surface area contributed by atoms with E-state index >= 15 is 0 Å². The Hall–Kier alpha value is -2.28. The molecule has 112 valence electrons. The van der Waals surface area contributed by atoms with Crippen molar-refractivity contribution in [3.05, 3.63) is 84.0 Å². The molecule has 2 aromatic rings. The Kier molecular flexibility index (Phi) is 4.15. The van der Waals surface area contributed by atoms with E-state index in [0.717, 1.165) is 18.6 Å². The minimum Gasteiger partial charge on any atom is -0.479 e. The van der Waals surface area contributed by atoms with E-state index in [2.05, 4.69) is 74.5 Å². The van der Waals surface area contributed by atoms with Gasteiger partial charge in [-0.3, -0.25) is 0 Å². The Bertz CT molecular complexity index is 697. The van der Waals surface area contributed by atoms with Crippen LogP contribution in [-0.2, 0) is 6.42 Å². The Morgan fingerprint density at radius 1 is 1.00 bits per heavy atom. The summed E-state index contributed by atoms with van der Waals surface area (Å²) in [5, 5.41) is 0. The molecule has 0 radical (unpaired) electrons. The van der Waals surface area contributed by atoms with E-state index in [1.165, 1.54) is 16.7 Å². The summed E-state index contributed by atoms with van der Waals surface area (Å²) < 4.78 is 6.18. The van der Waals surface area contributed by atoms with E-state index in [0.29, 0.717) is 0 Å². The minimum absolute atomic E-state index is 0.352. The highest BCUT2D eigenvalue weighted by Gasteiger charge is 2.26. The van der Waals surface area contributed by atoms with Crippen molar-refractivity contribution in [1.82, 2.24) is 0 Å². The molecule has 22 heavy (non-hydrogen) atoms. The number of para-hydroxylation sites is 1. The van der Waals surface area contributed by atoms with Gasteiger partial charge in [0, 0.05) is 5.56 Å². The van der Waals surface area contributed by atoms with Crippen molar-refractivity contribution in [2.45, 2.75) is 32.3 Å². The molecule has 1 nitrogen and oxygen atoms in total. The molecule has 0 bridgehead atoms. The summed E-state index contributed by atoms with van der Waals surface area (Å²) in [7, 11) is 0. The van der Waals surface area contributed by atoms with Crippen LogP contribution in [0.5, 0.6) is 5.75 Å². The Labute approximate surface area is 133 Å². The molecular formula is C21H22O. The van der Waals surface area contributed by atoms with E-state index < -0.39 is 0 Å². The molecule has 0 N–H and O–H groups in total. The van der Waals surface area contributed by atoms with E-state index in [4.69, 9.17) is 4.74 Å². The Morgan fingerprint density at radius 2 is 1.73 bits per heavy atom. The zero-order valence-corrected chi connectivity index (χ0v) is 13.3. The van der Waals surface area contributed by atoms with Gasteiger partial charge in [0.25, 0.3) is 0 Å². The molecule has 1 aliphatic heterocycles. The highest BCUT2D eigenvalue weighted by molar-refractivity contribution is 5.72. The Morgan fingerprint density at radius 3 is 2.55 bits per heavy atom. The number of ether oxygens (including phenoxy) is 1. The van der Waals surface area contributed by atoms with Crippen LogP contribution in [-0.4, -0.2) is 5.60 Å². The van der Waals surface area contributed by atoms with E-state index in [9.17, 15) is 0 Å². The first-order valence-electron chi connectivity index (χ1n) is 7.86. The first kappa shape index (κ1) is 14.6. The van der Waals surface area contributed by atoms with Crippen molar-refractivity contribution < 1.29 is 4.74 Å². The van der Waals surface area contributed by atoms with Crippen molar-refractivity contribution in [3.8, 4) is 5.75 Å². The second-order valence-corrected chi connectivity index (χ2v) is 6.04. The third-order valence-electron chi connectivity index (χ3n) is 4.04. The van der Waals surface area contributed by atoms with Gasteiger partial charge >= 0.3 is 0 Å². The predicted octanol–water partition coefficient (Wildman–Crippen LogP) is 5.43. The van der Waals surface area contributed by atoms with Gasteiger partial charge in [-0.2, -0.15) is 0 Å². The lowest BCUT2D eigenvalue weighted by molar-refractivity contribution is 0.188. The van der Waals surface area contributed by atoms with Crippen molar-refractivity contribution in [2.24, 2.45) is 0 Å². The van der Waals surface area contributed by atoms with Gasteiger partial charge in [-0.25, -0.2) is 0 Å². The van der Waals surface area contributed by atoms with Gasteiger partial charge in [-0.05, 0) is 56.0 Å². The monoisotopic (exact) mass is 290 g/mol. The van der Waals surface area contributed by atoms with Crippen LogP contribution < -0.4 is 4.74 Å². The van der Waals surface area contributed by atoms with Crippen LogP contribution in [0.15, 0.2) is 72.8 Å². The van der Waals surface area contributed by atoms with Gasteiger partial charge < -0.3 is 4.74 Å². The molecule has 0 spiro atoms. The van der Waals surface area contributed by atoms with Gasteiger partial charge in [0.1, 0.15) is 11.4 Å². The lowest BCUT2D eigenvalue weighted by atomic mass is 9.94. The third kappa shape index (κ3) is 3.30. The number of fused-ring (bicyclic) bond motifs is 1. The number of allylic oxidation sites excluding steroid dienone is 2. The fourth-order valence-corrected chi connectivity index (χ4v) is 2.95. The van der Waals surface area contributed by atoms with Crippen LogP contribution >= 0.6 is 0 Å². The summed E-state index contributed by atoms with van der Waals surface area (Å²) in [5.74, 6) is 0.970. The molecule has 1 atom stereocenters. The maximum atomic E-state index is 6.18. The van der Waals surface area contributed by atoms with Crippen molar-refractivity contribution in [1.29, 1.82) is 0 Å². The van der Waals surface area contributed by atoms with E-state index in [1.54, 1.807) is 0 Å². The summed E-state index contributed by atoms with van der Waals surface area (Å²) in [6.07, 6.45) is 8.69. The minimum atomic E-state index is -0.352. The average Bonchev–Trinajstić information content (AvgIpc) is 2.52. The number of hydrogen-bond acceptors (Lipinski definition) is 1. The molecule has 0 unspecified atom stereocenters. The summed E-state index contributed by atoms with van der Waals surface area (Å²) >= 11 is 0. The molecule has 2 aromatic carbocycles. The summed E-state index contributed by atoms with van der Waals surface area (Å²) in [6.45, 7) is 4.27. The van der Waals surface area contributed by atoms with Gasteiger partial charge in [-0.15, -0.1) is 0 Å². The van der Waals surface area contributed by atoms with Crippen LogP contribution in [0.4, 0.5) is 0 Å². The molecule has 0 fully saturated rings. The highest BCUT2D eigenvalue weighted by Crippen LogP contribution is 2.36. The van der Waals surface area contributed by atoms with Gasteiger partial charge in [0.2, 0.25) is 0 Å². The summed E-state index contributed by atoms with van der Waals surface area (Å²) in [4.78, 5) is 0. The average molecular weight is 290 g/mol. The van der Waals surface area contributed by atoms with Crippen LogP contribution in [0.2, 0.25) is 0 Å². The second-order valence-electron chi connectivity index (χ2n) is 6.04. The number of benzene rings is 2. The quantitative estimate of drug-likeness (QED) is 0.682. The maximum Gasteiger partial charge on any atom is 0.143 e. The number of aryl methyl sites for hydroxylation is 1. The predicted molar refractivity (Wildman–Crippen MR) is 93.0 cm³/mol. The fraction of sp³-hybridized carbons (Fsp3) is 0.238. The fourth-order valence-electron chi connectivity index (χ4n) is 2.95. The molecule has 1 aliphatic rings. The van der Waals surface area contributed by atoms with Crippen LogP contribution in [0.1, 0.15) is 31.4 Å². The van der Waals surface area contributed by atoms with Gasteiger partial charge in [0.05, 0.1) is 0 Å². The molecule has 1 heterocycles. The first-order chi connectivity index (χ1) is 10.7. The molecule has 0 amide bonds. The molecule has 0 aliphatic carbocycles.